The van der Waals surface area contributed by atoms with Gasteiger partial charge in [-0.05, 0) is 25.5 Å². The van der Waals surface area contributed by atoms with Gasteiger partial charge in [0, 0.05) is 18.8 Å². The summed E-state index contributed by atoms with van der Waals surface area (Å²) in [5.41, 5.74) is 1.34. The minimum atomic E-state index is -0.368. The molecule has 0 saturated carbocycles. The summed E-state index contributed by atoms with van der Waals surface area (Å²) in [4.78, 5) is 13.4. The Balaban J connectivity index is 2.87. The van der Waals surface area contributed by atoms with Gasteiger partial charge < -0.3 is 14.4 Å². The third-order valence-electron chi connectivity index (χ3n) is 2.82. The number of hydrogen-bond donors (Lipinski definition) is 0. The molecule has 0 unspecified atom stereocenters. The van der Waals surface area contributed by atoms with E-state index in [2.05, 4.69) is 6.58 Å². The summed E-state index contributed by atoms with van der Waals surface area (Å²) in [6, 6.07) is 7.57. The van der Waals surface area contributed by atoms with Gasteiger partial charge in [0.05, 0.1) is 13.7 Å². The summed E-state index contributed by atoms with van der Waals surface area (Å²) < 4.78 is 10.4. The first-order valence-electron chi connectivity index (χ1n) is 6.46. The number of methoxy groups -OCH3 is 1. The maximum absolute atomic E-state index is 11.7. The zero-order valence-corrected chi connectivity index (χ0v) is 12.3. The number of hydrogen-bond acceptors (Lipinski definition) is 4. The molecule has 0 spiro atoms. The number of esters is 1. The van der Waals surface area contributed by atoms with Crippen LogP contribution in [-0.2, 0) is 9.53 Å². The second kappa shape index (κ2) is 8.04. The number of anilines is 1. The SMILES string of the molecule is C=CCCOc1cccc(N(C)/C(=C\C)C(=O)OC)c1. The highest BCUT2D eigenvalue weighted by Crippen LogP contribution is 2.23. The van der Waals surface area contributed by atoms with Crippen LogP contribution in [0, 0.1) is 0 Å². The van der Waals surface area contributed by atoms with Crippen LogP contribution < -0.4 is 9.64 Å². The van der Waals surface area contributed by atoms with E-state index in [4.69, 9.17) is 9.47 Å². The van der Waals surface area contributed by atoms with E-state index >= 15 is 0 Å². The third-order valence-corrected chi connectivity index (χ3v) is 2.82. The van der Waals surface area contributed by atoms with Gasteiger partial charge in [-0.15, -0.1) is 6.58 Å². The zero-order valence-electron chi connectivity index (χ0n) is 12.3. The van der Waals surface area contributed by atoms with Crippen molar-refractivity contribution in [3.63, 3.8) is 0 Å². The highest BCUT2D eigenvalue weighted by Gasteiger charge is 2.15. The summed E-state index contributed by atoms with van der Waals surface area (Å²) in [6.45, 7) is 6.04. The predicted octanol–water partition coefficient (Wildman–Crippen LogP) is 3.15. The van der Waals surface area contributed by atoms with E-state index in [9.17, 15) is 4.79 Å². The summed E-state index contributed by atoms with van der Waals surface area (Å²) >= 11 is 0. The van der Waals surface area contributed by atoms with Crippen LogP contribution >= 0.6 is 0 Å². The van der Waals surface area contributed by atoms with Crippen LogP contribution in [0.4, 0.5) is 5.69 Å². The maximum Gasteiger partial charge on any atom is 0.354 e. The van der Waals surface area contributed by atoms with Crippen molar-refractivity contribution in [2.24, 2.45) is 0 Å². The van der Waals surface area contributed by atoms with Gasteiger partial charge in [-0.1, -0.05) is 18.2 Å². The Morgan fingerprint density at radius 3 is 2.80 bits per heavy atom. The molecule has 0 N–H and O–H groups in total. The highest BCUT2D eigenvalue weighted by atomic mass is 16.5. The lowest BCUT2D eigenvalue weighted by molar-refractivity contribution is -0.136. The second-order valence-electron chi connectivity index (χ2n) is 4.15. The first-order valence-corrected chi connectivity index (χ1v) is 6.46. The summed E-state index contributed by atoms with van der Waals surface area (Å²) in [5.74, 6) is 0.393. The molecule has 0 aliphatic rings. The van der Waals surface area contributed by atoms with Crippen molar-refractivity contribution in [1.82, 2.24) is 0 Å². The monoisotopic (exact) mass is 275 g/mol. The first kappa shape index (κ1) is 15.8. The highest BCUT2D eigenvalue weighted by molar-refractivity contribution is 5.92. The molecule has 108 valence electrons. The molecule has 1 rings (SSSR count). The number of allylic oxidation sites excluding steroid dienone is 1. The Bertz CT molecular complexity index is 494. The normalized spacial score (nSPS) is 10.8. The van der Waals surface area contributed by atoms with E-state index in [0.29, 0.717) is 12.3 Å². The smallest absolute Gasteiger partial charge is 0.354 e. The number of benzene rings is 1. The first-order chi connectivity index (χ1) is 9.63. The molecule has 0 aliphatic carbocycles. The molecule has 0 aliphatic heterocycles. The zero-order chi connectivity index (χ0) is 15.0. The Kier molecular flexibility index (Phi) is 6.37. The van der Waals surface area contributed by atoms with Crippen molar-refractivity contribution in [1.29, 1.82) is 0 Å². The van der Waals surface area contributed by atoms with Crippen molar-refractivity contribution in [2.45, 2.75) is 13.3 Å². The van der Waals surface area contributed by atoms with E-state index in [-0.39, 0.29) is 5.97 Å². The maximum atomic E-state index is 11.7. The van der Waals surface area contributed by atoms with Gasteiger partial charge >= 0.3 is 5.97 Å². The number of rotatable bonds is 7. The number of nitrogens with zero attached hydrogens (tertiary/aromatic N) is 1. The lowest BCUT2D eigenvalue weighted by atomic mass is 10.2. The van der Waals surface area contributed by atoms with Crippen LogP contribution in [0.15, 0.2) is 48.7 Å². The van der Waals surface area contributed by atoms with Gasteiger partial charge in [-0.25, -0.2) is 4.79 Å². The van der Waals surface area contributed by atoms with Crippen molar-refractivity contribution in [3.05, 3.63) is 48.7 Å². The van der Waals surface area contributed by atoms with Crippen LogP contribution in [0.2, 0.25) is 0 Å². The van der Waals surface area contributed by atoms with Crippen LogP contribution in [-0.4, -0.2) is 26.7 Å². The van der Waals surface area contributed by atoms with Crippen LogP contribution in [0.1, 0.15) is 13.3 Å². The molecule has 0 saturated heterocycles. The molecule has 1 aromatic carbocycles. The second-order valence-corrected chi connectivity index (χ2v) is 4.15. The van der Waals surface area contributed by atoms with Gasteiger partial charge in [0.1, 0.15) is 11.4 Å². The number of carbonyl (C=O) groups excluding carboxylic acids is 1. The van der Waals surface area contributed by atoms with Crippen LogP contribution in [0.3, 0.4) is 0 Å². The van der Waals surface area contributed by atoms with Crippen LogP contribution in [0.25, 0.3) is 0 Å². The fraction of sp³-hybridized carbons (Fsp3) is 0.312. The molecule has 4 heteroatoms. The summed E-state index contributed by atoms with van der Waals surface area (Å²) in [7, 11) is 3.18. The molecule has 0 radical (unpaired) electrons. The molecule has 20 heavy (non-hydrogen) atoms. The number of carbonyl (C=O) groups is 1. The van der Waals surface area contributed by atoms with E-state index in [1.807, 2.05) is 37.4 Å². The van der Waals surface area contributed by atoms with Gasteiger partial charge in [0.15, 0.2) is 0 Å². The van der Waals surface area contributed by atoms with E-state index in [0.717, 1.165) is 17.9 Å². The topological polar surface area (TPSA) is 38.8 Å². The Morgan fingerprint density at radius 2 is 2.20 bits per heavy atom. The van der Waals surface area contributed by atoms with Gasteiger partial charge in [-0.3, -0.25) is 0 Å². The van der Waals surface area contributed by atoms with Gasteiger partial charge in [0.25, 0.3) is 0 Å². The Labute approximate surface area is 120 Å². The average Bonchev–Trinajstić information content (AvgIpc) is 2.48. The molecule has 0 heterocycles. The van der Waals surface area contributed by atoms with E-state index in [1.165, 1.54) is 7.11 Å². The number of ether oxygens (including phenoxy) is 2. The average molecular weight is 275 g/mol. The predicted molar refractivity (Wildman–Crippen MR) is 80.9 cm³/mol. The fourth-order valence-corrected chi connectivity index (χ4v) is 1.73. The van der Waals surface area contributed by atoms with Crippen LogP contribution in [0.5, 0.6) is 5.75 Å². The molecule has 0 amide bonds. The Hall–Kier alpha value is -2.23. The standard InChI is InChI=1S/C16H21NO3/c1-5-7-11-20-14-10-8-9-13(12-14)17(3)15(6-2)16(18)19-4/h5-6,8-10,12H,1,7,11H2,2-4H3/b15-6-. The molecule has 1 aromatic rings. The Morgan fingerprint density at radius 1 is 1.45 bits per heavy atom. The third kappa shape index (κ3) is 4.16. The van der Waals surface area contributed by atoms with Crippen molar-refractivity contribution < 1.29 is 14.3 Å². The van der Waals surface area contributed by atoms with Crippen molar-refractivity contribution in [2.75, 3.05) is 25.7 Å². The molecule has 0 atom stereocenters. The van der Waals surface area contributed by atoms with Crippen molar-refractivity contribution in [3.8, 4) is 5.75 Å². The van der Waals surface area contributed by atoms with Crippen molar-refractivity contribution >= 4 is 11.7 Å². The van der Waals surface area contributed by atoms with Gasteiger partial charge in [-0.2, -0.15) is 0 Å². The van der Waals surface area contributed by atoms with E-state index in [1.54, 1.807) is 17.9 Å². The van der Waals surface area contributed by atoms with E-state index < -0.39 is 0 Å². The molecular weight excluding hydrogens is 254 g/mol. The number of likely N-dealkylation sites (N-methyl/N-ethyl adjacent to an activating group) is 1. The lowest BCUT2D eigenvalue weighted by Crippen LogP contribution is -2.23. The molecule has 0 aromatic heterocycles. The fourth-order valence-electron chi connectivity index (χ4n) is 1.73. The van der Waals surface area contributed by atoms with Gasteiger partial charge in [0.2, 0.25) is 0 Å². The minimum absolute atomic E-state index is 0.368. The summed E-state index contributed by atoms with van der Waals surface area (Å²) in [6.07, 6.45) is 4.32. The minimum Gasteiger partial charge on any atom is -0.493 e. The summed E-state index contributed by atoms with van der Waals surface area (Å²) in [5, 5.41) is 0. The molecule has 4 nitrogen and oxygen atoms in total. The lowest BCUT2D eigenvalue weighted by Gasteiger charge is -2.21. The largest absolute Gasteiger partial charge is 0.493 e. The molecule has 0 fully saturated rings. The quantitative estimate of drug-likeness (QED) is 0.332. The molecular formula is C16H21NO3. The molecule has 0 bridgehead atoms.